The van der Waals surface area contributed by atoms with E-state index in [1.54, 1.807) is 27.7 Å². The SMILES string of the molecule is CC(OC(=O)C(C)(C)C(C)(C(=O)OC(C)(C)C)C(C)(C(=O)OC1CCOC1=O)C(C)(C)C(=O)OC12CC3CC(CC(O)(C3)C1)C2)c1ccc2ccccc2c1. The highest BCUT2D eigenvalue weighted by atomic mass is 16.6. The standard InChI is InChI=1S/C44H58O11/c1-26(30-16-15-29-13-11-12-14-31(29)20-30)52-34(46)39(5,6)42(10,37(49)54-38(2,3)4)41(9,36(48)53-32-17-18-51-33(32)45)40(7,8)35(47)55-44-23-27-19-28(24-44)22-43(50,21-27)25-44/h11-16,20,26-28,32,50H,17-19,21-25H2,1-10H3. The molecule has 300 valence electrons. The van der Waals surface area contributed by atoms with Crippen LogP contribution in [-0.4, -0.2) is 64.5 Å². The minimum atomic E-state index is -2.24. The largest absolute Gasteiger partial charge is 0.463 e. The molecule has 7 rings (SSSR count). The fourth-order valence-corrected chi connectivity index (χ4v) is 10.2. The lowest BCUT2D eigenvalue weighted by atomic mass is 9.45. The third-order valence-corrected chi connectivity index (χ3v) is 13.7. The van der Waals surface area contributed by atoms with Crippen molar-refractivity contribution in [2.75, 3.05) is 6.61 Å². The fourth-order valence-electron chi connectivity index (χ4n) is 10.2. The molecule has 1 heterocycles. The van der Waals surface area contributed by atoms with Gasteiger partial charge in [-0.2, -0.15) is 0 Å². The Hall–Kier alpha value is -3.99. The van der Waals surface area contributed by atoms with E-state index in [4.69, 9.17) is 23.7 Å². The molecule has 0 radical (unpaired) electrons. The molecule has 4 aliphatic carbocycles. The van der Waals surface area contributed by atoms with E-state index in [0.717, 1.165) is 17.2 Å². The first-order valence-electron chi connectivity index (χ1n) is 19.6. The molecule has 5 aliphatic rings. The molecule has 55 heavy (non-hydrogen) atoms. The molecule has 6 unspecified atom stereocenters. The van der Waals surface area contributed by atoms with E-state index in [2.05, 4.69) is 0 Å². The Morgan fingerprint density at radius 3 is 1.93 bits per heavy atom. The van der Waals surface area contributed by atoms with Gasteiger partial charge in [-0.15, -0.1) is 0 Å². The lowest BCUT2D eigenvalue weighted by molar-refractivity contribution is -0.242. The van der Waals surface area contributed by atoms with Gasteiger partial charge in [0, 0.05) is 12.8 Å². The van der Waals surface area contributed by atoms with Crippen LogP contribution in [0.4, 0.5) is 0 Å². The molecule has 11 nitrogen and oxygen atoms in total. The predicted molar refractivity (Wildman–Crippen MR) is 202 cm³/mol. The van der Waals surface area contributed by atoms with E-state index in [0.29, 0.717) is 31.2 Å². The Morgan fingerprint density at radius 2 is 1.36 bits per heavy atom. The topological polar surface area (TPSA) is 152 Å². The van der Waals surface area contributed by atoms with Crippen molar-refractivity contribution < 1.29 is 52.8 Å². The second kappa shape index (κ2) is 13.6. The van der Waals surface area contributed by atoms with Crippen LogP contribution in [0.3, 0.4) is 0 Å². The molecule has 0 amide bonds. The van der Waals surface area contributed by atoms with E-state index in [-0.39, 0.29) is 31.3 Å². The van der Waals surface area contributed by atoms with Crippen molar-refractivity contribution >= 4 is 40.6 Å². The van der Waals surface area contributed by atoms with Gasteiger partial charge in [-0.1, -0.05) is 36.4 Å². The molecule has 0 aromatic heterocycles. The van der Waals surface area contributed by atoms with Crippen LogP contribution in [0, 0.1) is 33.5 Å². The zero-order chi connectivity index (χ0) is 40.6. The van der Waals surface area contributed by atoms with Crippen LogP contribution < -0.4 is 0 Å². The van der Waals surface area contributed by atoms with Gasteiger partial charge < -0.3 is 28.8 Å². The first-order chi connectivity index (χ1) is 25.4. The summed E-state index contributed by atoms with van der Waals surface area (Å²) >= 11 is 0. The molecule has 1 saturated heterocycles. The normalized spacial score (nSPS) is 29.1. The van der Waals surface area contributed by atoms with Crippen LogP contribution in [0.15, 0.2) is 42.5 Å². The van der Waals surface area contributed by atoms with Gasteiger partial charge in [-0.05, 0) is 136 Å². The molecule has 2 aromatic rings. The molecule has 1 aliphatic heterocycles. The molecule has 4 saturated carbocycles. The third-order valence-electron chi connectivity index (χ3n) is 13.7. The molecule has 2 aromatic carbocycles. The Labute approximate surface area is 324 Å². The summed E-state index contributed by atoms with van der Waals surface area (Å²) in [6.45, 7) is 15.6. The van der Waals surface area contributed by atoms with Gasteiger partial charge in [0.1, 0.15) is 17.3 Å². The summed E-state index contributed by atoms with van der Waals surface area (Å²) < 4.78 is 29.7. The van der Waals surface area contributed by atoms with Crippen molar-refractivity contribution in [1.82, 2.24) is 0 Å². The zero-order valence-corrected chi connectivity index (χ0v) is 34.0. The zero-order valence-electron chi connectivity index (χ0n) is 34.0. The number of hydrogen-bond donors (Lipinski definition) is 1. The molecule has 11 heteroatoms. The van der Waals surface area contributed by atoms with Crippen molar-refractivity contribution in [2.45, 2.75) is 143 Å². The van der Waals surface area contributed by atoms with Gasteiger partial charge in [0.2, 0.25) is 6.10 Å². The summed E-state index contributed by atoms with van der Waals surface area (Å²) in [5.41, 5.74) is -10.5. The first-order valence-corrected chi connectivity index (χ1v) is 19.6. The molecule has 4 bridgehead atoms. The Kier molecular flexibility index (Phi) is 10.0. The molecule has 5 fully saturated rings. The second-order valence-electron chi connectivity index (χ2n) is 19.3. The molecular weight excluding hydrogens is 704 g/mol. The van der Waals surface area contributed by atoms with Crippen LogP contribution in [0.1, 0.15) is 126 Å². The number of ether oxygens (including phenoxy) is 5. The Bertz CT molecular complexity index is 1870. The smallest absolute Gasteiger partial charge is 0.347 e. The highest BCUT2D eigenvalue weighted by molar-refractivity contribution is 5.98. The summed E-state index contributed by atoms with van der Waals surface area (Å²) in [6.07, 6.45) is 1.71. The van der Waals surface area contributed by atoms with Crippen LogP contribution in [0.25, 0.3) is 10.8 Å². The molecular formula is C44H58O11. The number of carbonyl (C=O) groups excluding carboxylic acids is 5. The summed E-state index contributed by atoms with van der Waals surface area (Å²) in [6, 6.07) is 13.5. The second-order valence-corrected chi connectivity index (χ2v) is 19.3. The molecule has 6 atom stereocenters. The number of cyclic esters (lactones) is 1. The average molecular weight is 763 g/mol. The van der Waals surface area contributed by atoms with Crippen molar-refractivity contribution in [1.29, 1.82) is 0 Å². The number of hydrogen-bond acceptors (Lipinski definition) is 11. The number of carbonyl (C=O) groups is 5. The summed E-state index contributed by atoms with van der Waals surface area (Å²) in [7, 11) is 0. The molecule has 0 spiro atoms. The lowest BCUT2D eigenvalue weighted by Crippen LogP contribution is -2.68. The highest BCUT2D eigenvalue weighted by Gasteiger charge is 2.75. The van der Waals surface area contributed by atoms with Crippen LogP contribution in [0.5, 0.6) is 0 Å². The van der Waals surface area contributed by atoms with Crippen LogP contribution >= 0.6 is 0 Å². The minimum Gasteiger partial charge on any atom is -0.463 e. The van der Waals surface area contributed by atoms with Gasteiger partial charge in [0.05, 0.1) is 33.9 Å². The van der Waals surface area contributed by atoms with Gasteiger partial charge >= 0.3 is 29.8 Å². The summed E-state index contributed by atoms with van der Waals surface area (Å²) in [5, 5.41) is 13.4. The minimum absolute atomic E-state index is 0.0283. The lowest BCUT2D eigenvalue weighted by Gasteiger charge is -2.60. The van der Waals surface area contributed by atoms with Crippen molar-refractivity contribution in [3.63, 3.8) is 0 Å². The van der Waals surface area contributed by atoms with Crippen molar-refractivity contribution in [3.8, 4) is 0 Å². The predicted octanol–water partition coefficient (Wildman–Crippen LogP) is 7.34. The number of fused-ring (bicyclic) bond motifs is 1. The van der Waals surface area contributed by atoms with E-state index in [1.807, 2.05) is 42.5 Å². The Morgan fingerprint density at radius 1 is 0.782 bits per heavy atom. The number of aliphatic hydroxyl groups is 1. The van der Waals surface area contributed by atoms with Gasteiger partial charge in [-0.25, -0.2) is 4.79 Å². The van der Waals surface area contributed by atoms with E-state index in [9.17, 15) is 24.3 Å². The number of rotatable bonds is 11. The fraction of sp³-hybridized carbons (Fsp3) is 0.659. The van der Waals surface area contributed by atoms with Crippen LogP contribution in [0.2, 0.25) is 0 Å². The quantitative estimate of drug-likeness (QED) is 0.181. The van der Waals surface area contributed by atoms with Crippen LogP contribution in [-0.2, 0) is 47.7 Å². The van der Waals surface area contributed by atoms with Crippen molar-refractivity contribution in [3.05, 3.63) is 48.0 Å². The summed E-state index contributed by atoms with van der Waals surface area (Å²) in [4.78, 5) is 72.4. The highest BCUT2D eigenvalue weighted by Crippen LogP contribution is 2.64. The van der Waals surface area contributed by atoms with E-state index < -0.39 is 80.5 Å². The maximum atomic E-state index is 15.0. The number of benzene rings is 2. The number of esters is 5. The van der Waals surface area contributed by atoms with Gasteiger partial charge in [0.25, 0.3) is 0 Å². The van der Waals surface area contributed by atoms with Gasteiger partial charge in [0.15, 0.2) is 0 Å². The maximum Gasteiger partial charge on any atom is 0.347 e. The van der Waals surface area contributed by atoms with Gasteiger partial charge in [-0.3, -0.25) is 19.2 Å². The monoisotopic (exact) mass is 762 g/mol. The van der Waals surface area contributed by atoms with E-state index >= 15 is 4.79 Å². The average Bonchev–Trinajstić information content (AvgIpc) is 3.48. The van der Waals surface area contributed by atoms with Crippen molar-refractivity contribution in [2.24, 2.45) is 33.5 Å². The third kappa shape index (κ3) is 6.93. The summed E-state index contributed by atoms with van der Waals surface area (Å²) in [5.74, 6) is -4.00. The maximum absolute atomic E-state index is 15.0. The first kappa shape index (κ1) is 40.7. The Balaban J connectivity index is 1.44. The molecule has 1 N–H and O–H groups in total. The van der Waals surface area contributed by atoms with E-state index in [1.165, 1.54) is 41.5 Å².